The molecule has 8 nitrogen and oxygen atoms in total. The van der Waals surface area contributed by atoms with Gasteiger partial charge in [0.2, 0.25) is 10.0 Å². The van der Waals surface area contributed by atoms with Crippen molar-refractivity contribution < 1.29 is 13.5 Å². The normalized spacial score (nSPS) is 11.8. The van der Waals surface area contributed by atoms with Crippen LogP contribution in [0.1, 0.15) is 16.7 Å². The first-order valence-corrected chi connectivity index (χ1v) is 11.5. The monoisotopic (exact) mass is 449 g/mol. The van der Waals surface area contributed by atoms with Crippen molar-refractivity contribution in [3.63, 3.8) is 0 Å². The average molecular weight is 450 g/mol. The van der Waals surface area contributed by atoms with Crippen LogP contribution in [0.15, 0.2) is 59.5 Å². The molecule has 0 saturated carbocycles. The third-order valence-electron chi connectivity index (χ3n) is 5.42. The van der Waals surface area contributed by atoms with E-state index >= 15 is 0 Å². The number of benzene rings is 2. The zero-order valence-corrected chi connectivity index (χ0v) is 18.6. The van der Waals surface area contributed by atoms with Crippen LogP contribution in [0.3, 0.4) is 0 Å². The molecule has 4 aromatic rings. The molecule has 0 bridgehead atoms. The van der Waals surface area contributed by atoms with E-state index in [4.69, 9.17) is 5.11 Å². The van der Waals surface area contributed by atoms with Gasteiger partial charge in [0.1, 0.15) is 11.9 Å². The Hall–Kier alpha value is -3.45. The van der Waals surface area contributed by atoms with Gasteiger partial charge in [-0.05, 0) is 42.3 Å². The summed E-state index contributed by atoms with van der Waals surface area (Å²) >= 11 is 0. The maximum Gasteiger partial charge on any atom is 0.243 e. The molecule has 2 N–H and O–H groups in total. The second-order valence-corrected chi connectivity index (χ2v) is 9.48. The molecule has 0 fully saturated rings. The minimum atomic E-state index is -3.75. The number of aliphatic hydroxyl groups excluding tert-OH is 1. The van der Waals surface area contributed by atoms with Crippen LogP contribution >= 0.6 is 0 Å². The van der Waals surface area contributed by atoms with Crippen LogP contribution in [0.25, 0.3) is 16.7 Å². The summed E-state index contributed by atoms with van der Waals surface area (Å²) in [6, 6.07) is 18.5. The highest BCUT2D eigenvalue weighted by atomic mass is 32.2. The van der Waals surface area contributed by atoms with E-state index in [0.29, 0.717) is 22.6 Å². The number of para-hydroxylation sites is 2. The first-order valence-electron chi connectivity index (χ1n) is 10.1. The lowest BCUT2D eigenvalue weighted by atomic mass is 10.1. The minimum absolute atomic E-state index is 0.0144. The lowest BCUT2D eigenvalue weighted by molar-refractivity contribution is 0.266. The summed E-state index contributed by atoms with van der Waals surface area (Å²) < 4.78 is 29.0. The second-order valence-electron chi connectivity index (χ2n) is 7.47. The number of hydrogen-bond donors (Lipinski definition) is 2. The van der Waals surface area contributed by atoms with Crippen LogP contribution in [0, 0.1) is 18.3 Å². The third kappa shape index (κ3) is 3.69. The van der Waals surface area contributed by atoms with Gasteiger partial charge >= 0.3 is 0 Å². The number of nitrogens with one attached hydrogen (secondary N) is 1. The van der Waals surface area contributed by atoms with Gasteiger partial charge in [-0.3, -0.25) is 4.40 Å². The molecule has 0 aliphatic heterocycles. The summed E-state index contributed by atoms with van der Waals surface area (Å²) in [7, 11) is -2.30. The predicted molar refractivity (Wildman–Crippen MR) is 123 cm³/mol. The van der Waals surface area contributed by atoms with Crippen molar-refractivity contribution in [2.24, 2.45) is 0 Å². The molecule has 164 valence electrons. The number of aromatic nitrogens is 2. The highest BCUT2D eigenvalue weighted by Gasteiger charge is 2.23. The predicted octanol–water partition coefficient (Wildman–Crippen LogP) is 2.89. The largest absolute Gasteiger partial charge is 0.395 e. The maximum atomic E-state index is 13.0. The Morgan fingerprint density at radius 3 is 2.66 bits per heavy atom. The van der Waals surface area contributed by atoms with E-state index in [0.717, 1.165) is 20.9 Å². The van der Waals surface area contributed by atoms with Crippen molar-refractivity contribution in [2.75, 3.05) is 25.5 Å². The van der Waals surface area contributed by atoms with E-state index < -0.39 is 10.0 Å². The standard InChI is InChI=1S/C23H23N5O3S/c1-16-13-22(28-20-9-5-4-8-19(20)26-23(28)18(16)14-24)25-15-17-7-3-6-10-21(17)32(30,31)27(2)11-12-29/h3-10,13,25,29H,11-12,15H2,1-2H3. The molecule has 0 spiro atoms. The summed E-state index contributed by atoms with van der Waals surface area (Å²) in [4.78, 5) is 4.82. The van der Waals surface area contributed by atoms with Crippen LogP contribution in [0.5, 0.6) is 0 Å². The summed E-state index contributed by atoms with van der Waals surface area (Å²) in [5.74, 6) is 0.709. The smallest absolute Gasteiger partial charge is 0.243 e. The molecular weight excluding hydrogens is 426 g/mol. The van der Waals surface area contributed by atoms with Gasteiger partial charge in [-0.2, -0.15) is 9.57 Å². The van der Waals surface area contributed by atoms with Crippen LogP contribution in [-0.2, 0) is 16.6 Å². The molecule has 32 heavy (non-hydrogen) atoms. The van der Waals surface area contributed by atoms with E-state index in [1.54, 1.807) is 24.3 Å². The Kier molecular flexibility index (Phi) is 5.84. The highest BCUT2D eigenvalue weighted by Crippen LogP contribution is 2.27. The lowest BCUT2D eigenvalue weighted by Crippen LogP contribution is -2.30. The Morgan fingerprint density at radius 1 is 1.19 bits per heavy atom. The van der Waals surface area contributed by atoms with Crippen LogP contribution in [-0.4, -0.2) is 47.4 Å². The number of aliphatic hydroxyl groups is 1. The van der Waals surface area contributed by atoms with Crippen molar-refractivity contribution in [2.45, 2.75) is 18.4 Å². The van der Waals surface area contributed by atoms with Gasteiger partial charge in [0.05, 0.1) is 28.1 Å². The van der Waals surface area contributed by atoms with Crippen molar-refractivity contribution in [3.05, 3.63) is 71.3 Å². The number of anilines is 1. The van der Waals surface area contributed by atoms with E-state index in [1.165, 1.54) is 7.05 Å². The quantitative estimate of drug-likeness (QED) is 0.449. The Morgan fingerprint density at radius 2 is 1.91 bits per heavy atom. The van der Waals surface area contributed by atoms with E-state index in [1.807, 2.05) is 41.7 Å². The van der Waals surface area contributed by atoms with E-state index in [2.05, 4.69) is 16.4 Å². The molecule has 0 atom stereocenters. The Bertz CT molecular complexity index is 1450. The van der Waals surface area contributed by atoms with Gasteiger partial charge in [0.25, 0.3) is 0 Å². The highest BCUT2D eigenvalue weighted by molar-refractivity contribution is 7.89. The molecule has 4 rings (SSSR count). The molecule has 2 heterocycles. The van der Waals surface area contributed by atoms with Crippen LogP contribution < -0.4 is 5.32 Å². The van der Waals surface area contributed by atoms with Crippen molar-refractivity contribution >= 4 is 32.5 Å². The molecule has 9 heteroatoms. The average Bonchev–Trinajstić information content (AvgIpc) is 3.17. The molecule has 2 aromatic carbocycles. The molecule has 0 amide bonds. The van der Waals surface area contributed by atoms with Gasteiger partial charge in [-0.15, -0.1) is 0 Å². The lowest BCUT2D eigenvalue weighted by Gasteiger charge is -2.19. The SMILES string of the molecule is Cc1cc(NCc2ccccc2S(=O)(=O)N(C)CCO)n2c(nc3ccccc32)c1C#N. The number of nitrogens with zero attached hydrogens (tertiary/aromatic N) is 4. The number of rotatable bonds is 7. The minimum Gasteiger partial charge on any atom is -0.395 e. The van der Waals surface area contributed by atoms with Gasteiger partial charge in [0, 0.05) is 20.1 Å². The molecular formula is C23H23N5O3S. The molecule has 0 saturated heterocycles. The number of imidazole rings is 1. The second kappa shape index (κ2) is 8.59. The first-order chi connectivity index (χ1) is 15.4. The Balaban J connectivity index is 1.78. The van der Waals surface area contributed by atoms with Gasteiger partial charge in [-0.25, -0.2) is 13.4 Å². The van der Waals surface area contributed by atoms with Crippen molar-refractivity contribution in [3.8, 4) is 6.07 Å². The summed E-state index contributed by atoms with van der Waals surface area (Å²) in [6.45, 7) is 1.85. The maximum absolute atomic E-state index is 13.0. The zero-order valence-electron chi connectivity index (χ0n) is 17.8. The first kappa shape index (κ1) is 21.8. The molecule has 0 radical (unpaired) electrons. The van der Waals surface area contributed by atoms with Crippen LogP contribution in [0.2, 0.25) is 0 Å². The summed E-state index contributed by atoms with van der Waals surface area (Å²) in [5.41, 5.74) is 4.05. The van der Waals surface area contributed by atoms with E-state index in [-0.39, 0.29) is 24.6 Å². The number of likely N-dealkylation sites (N-methyl/N-ethyl adjacent to an activating group) is 1. The van der Waals surface area contributed by atoms with Crippen molar-refractivity contribution in [1.29, 1.82) is 5.26 Å². The van der Waals surface area contributed by atoms with Gasteiger partial charge in [-0.1, -0.05) is 30.3 Å². The number of sulfonamides is 1. The fraction of sp³-hybridized carbons (Fsp3) is 0.217. The fourth-order valence-corrected chi connectivity index (χ4v) is 5.12. The zero-order chi connectivity index (χ0) is 22.9. The topological polar surface area (TPSA) is 111 Å². The number of pyridine rings is 1. The summed E-state index contributed by atoms with van der Waals surface area (Å²) in [5, 5.41) is 22.1. The third-order valence-corrected chi connectivity index (χ3v) is 7.38. The molecule has 2 aromatic heterocycles. The summed E-state index contributed by atoms with van der Waals surface area (Å²) in [6.07, 6.45) is 0. The number of hydrogen-bond acceptors (Lipinski definition) is 6. The van der Waals surface area contributed by atoms with Crippen molar-refractivity contribution in [1.82, 2.24) is 13.7 Å². The van der Waals surface area contributed by atoms with Gasteiger partial charge in [0.15, 0.2) is 5.65 Å². The number of aryl methyl sites for hydroxylation is 1. The fourth-order valence-electron chi connectivity index (χ4n) is 3.74. The molecule has 0 aliphatic rings. The van der Waals surface area contributed by atoms with Gasteiger partial charge < -0.3 is 10.4 Å². The molecule has 0 unspecified atom stereocenters. The Labute approximate surface area is 186 Å². The number of fused-ring (bicyclic) bond motifs is 3. The molecule has 0 aliphatic carbocycles. The van der Waals surface area contributed by atoms with E-state index in [9.17, 15) is 13.7 Å². The number of nitriles is 1. The van der Waals surface area contributed by atoms with Crippen LogP contribution in [0.4, 0.5) is 5.82 Å².